The predicted octanol–water partition coefficient (Wildman–Crippen LogP) is 0.0529. The van der Waals surface area contributed by atoms with Crippen LogP contribution in [0.5, 0.6) is 0 Å². The van der Waals surface area contributed by atoms with E-state index in [4.69, 9.17) is 5.14 Å². The van der Waals surface area contributed by atoms with E-state index in [0.29, 0.717) is 10.8 Å². The third kappa shape index (κ3) is 1.37. The molecule has 6 heteroatoms. The molecule has 1 aromatic rings. The van der Waals surface area contributed by atoms with E-state index in [1.807, 2.05) is 0 Å². The summed E-state index contributed by atoms with van der Waals surface area (Å²) in [7, 11) is -3.74. The first-order valence-electron chi connectivity index (χ1n) is 4.08. The average Bonchev–Trinajstić information content (AvgIpc) is 2.44. The van der Waals surface area contributed by atoms with Gasteiger partial charge in [-0.05, 0) is 11.6 Å². The van der Waals surface area contributed by atoms with Gasteiger partial charge < -0.3 is 0 Å². The molecule has 14 heavy (non-hydrogen) atoms. The van der Waals surface area contributed by atoms with Crippen molar-refractivity contribution in [3.8, 4) is 0 Å². The summed E-state index contributed by atoms with van der Waals surface area (Å²) in [6, 6.07) is 6.94. The number of anilines is 1. The summed E-state index contributed by atoms with van der Waals surface area (Å²) in [6.45, 7) is 0. The van der Waals surface area contributed by atoms with E-state index in [-0.39, 0.29) is 6.42 Å². The summed E-state index contributed by atoms with van der Waals surface area (Å²) in [5, 5.41) is 14.2. The summed E-state index contributed by atoms with van der Waals surface area (Å²) in [5.41, 5.74) is 1.29. The van der Waals surface area contributed by atoms with Crippen LogP contribution in [0.2, 0.25) is 0 Å². The Bertz CT molecular complexity index is 457. The number of rotatable bonds is 1. The Morgan fingerprint density at radius 3 is 2.64 bits per heavy atom. The largest absolute Gasteiger partial charge is 0.287 e. The molecule has 0 saturated heterocycles. The van der Waals surface area contributed by atoms with Gasteiger partial charge in [0.05, 0.1) is 5.69 Å². The van der Waals surface area contributed by atoms with E-state index in [0.717, 1.165) is 5.56 Å². The topological polar surface area (TPSA) is 83.6 Å². The van der Waals surface area contributed by atoms with Gasteiger partial charge in [0.15, 0.2) is 5.37 Å². The van der Waals surface area contributed by atoms with Crippen molar-refractivity contribution >= 4 is 15.7 Å². The van der Waals surface area contributed by atoms with Crippen molar-refractivity contribution in [2.75, 3.05) is 5.06 Å². The number of nitrogens with two attached hydrogens (primary N) is 1. The molecule has 0 saturated carbocycles. The molecule has 0 bridgehead atoms. The van der Waals surface area contributed by atoms with E-state index in [9.17, 15) is 13.6 Å². The van der Waals surface area contributed by atoms with Crippen LogP contribution in [0.3, 0.4) is 0 Å². The van der Waals surface area contributed by atoms with Crippen LogP contribution >= 0.6 is 0 Å². The van der Waals surface area contributed by atoms with Crippen LogP contribution in [-0.2, 0) is 16.4 Å². The maximum absolute atomic E-state index is 11.1. The molecule has 0 aromatic heterocycles. The molecule has 2 rings (SSSR count). The second kappa shape index (κ2) is 2.94. The van der Waals surface area contributed by atoms with Crippen molar-refractivity contribution in [2.45, 2.75) is 11.8 Å². The molecule has 5 nitrogen and oxygen atoms in total. The van der Waals surface area contributed by atoms with Crippen LogP contribution in [0, 0.1) is 0 Å². The zero-order valence-corrected chi connectivity index (χ0v) is 8.11. The molecular formula is C8H10N2O3S. The highest BCUT2D eigenvalue weighted by molar-refractivity contribution is 7.89. The molecule has 1 aliphatic heterocycles. The zero-order chi connectivity index (χ0) is 10.3. The third-order valence-corrected chi connectivity index (χ3v) is 3.41. The SMILES string of the molecule is NS(=O)(=O)C1Cc2ccccc2N1O. The lowest BCUT2D eigenvalue weighted by molar-refractivity contribution is 0.250. The van der Waals surface area contributed by atoms with Crippen molar-refractivity contribution in [3.63, 3.8) is 0 Å². The minimum absolute atomic E-state index is 0.228. The number of nitrogens with zero attached hydrogens (tertiary/aromatic N) is 1. The van der Waals surface area contributed by atoms with Crippen LogP contribution in [0.25, 0.3) is 0 Å². The monoisotopic (exact) mass is 214 g/mol. The van der Waals surface area contributed by atoms with Gasteiger partial charge in [0.1, 0.15) is 0 Å². The molecule has 1 unspecified atom stereocenters. The van der Waals surface area contributed by atoms with E-state index < -0.39 is 15.4 Å². The molecule has 1 aliphatic rings. The molecule has 1 aromatic carbocycles. The first-order chi connectivity index (χ1) is 6.50. The fourth-order valence-electron chi connectivity index (χ4n) is 1.59. The summed E-state index contributed by atoms with van der Waals surface area (Å²) in [6.07, 6.45) is 0.228. The van der Waals surface area contributed by atoms with E-state index in [2.05, 4.69) is 0 Å². The number of sulfonamides is 1. The first-order valence-corrected chi connectivity index (χ1v) is 5.69. The molecule has 0 amide bonds. The fraction of sp³-hybridized carbons (Fsp3) is 0.250. The Labute approximate surface area is 81.8 Å². The molecule has 0 aliphatic carbocycles. The van der Waals surface area contributed by atoms with Gasteiger partial charge in [-0.1, -0.05) is 18.2 Å². The van der Waals surface area contributed by atoms with Gasteiger partial charge in [0, 0.05) is 6.42 Å². The van der Waals surface area contributed by atoms with Gasteiger partial charge in [-0.25, -0.2) is 18.6 Å². The van der Waals surface area contributed by atoms with Crippen LogP contribution < -0.4 is 10.2 Å². The Morgan fingerprint density at radius 1 is 1.43 bits per heavy atom. The van der Waals surface area contributed by atoms with Gasteiger partial charge in [-0.3, -0.25) is 5.21 Å². The van der Waals surface area contributed by atoms with Gasteiger partial charge in [-0.15, -0.1) is 0 Å². The van der Waals surface area contributed by atoms with Crippen molar-refractivity contribution < 1.29 is 13.6 Å². The van der Waals surface area contributed by atoms with Gasteiger partial charge >= 0.3 is 0 Å². The highest BCUT2D eigenvalue weighted by Crippen LogP contribution is 2.31. The highest BCUT2D eigenvalue weighted by Gasteiger charge is 2.35. The molecule has 0 radical (unpaired) electrons. The van der Waals surface area contributed by atoms with Crippen molar-refractivity contribution in [1.82, 2.24) is 0 Å². The Balaban J connectivity index is 2.44. The van der Waals surface area contributed by atoms with Gasteiger partial charge in [-0.2, -0.15) is 0 Å². The second-order valence-corrected chi connectivity index (χ2v) is 4.94. The summed E-state index contributed by atoms with van der Waals surface area (Å²) in [5.74, 6) is 0. The van der Waals surface area contributed by atoms with E-state index in [1.54, 1.807) is 24.3 Å². The maximum Gasteiger partial charge on any atom is 0.233 e. The van der Waals surface area contributed by atoms with Crippen molar-refractivity contribution in [2.24, 2.45) is 5.14 Å². The predicted molar refractivity (Wildman–Crippen MR) is 51.3 cm³/mol. The lowest BCUT2D eigenvalue weighted by atomic mass is 10.2. The average molecular weight is 214 g/mol. The normalized spacial score (nSPS) is 21.0. The van der Waals surface area contributed by atoms with Crippen LogP contribution in [0.4, 0.5) is 5.69 Å². The van der Waals surface area contributed by atoms with Crippen LogP contribution in [0.15, 0.2) is 24.3 Å². The Hall–Kier alpha value is -1.11. The number of hydrogen-bond donors (Lipinski definition) is 2. The Kier molecular flexibility index (Phi) is 1.99. The number of hydrogen-bond acceptors (Lipinski definition) is 4. The lowest BCUT2D eigenvalue weighted by Gasteiger charge is -2.17. The summed E-state index contributed by atoms with van der Waals surface area (Å²) < 4.78 is 22.2. The van der Waals surface area contributed by atoms with Crippen molar-refractivity contribution in [1.29, 1.82) is 0 Å². The number of primary sulfonamides is 1. The molecule has 76 valence electrons. The lowest BCUT2D eigenvalue weighted by Crippen LogP contribution is -2.40. The second-order valence-electron chi connectivity index (χ2n) is 3.22. The first kappa shape index (κ1) is 9.45. The summed E-state index contributed by atoms with van der Waals surface area (Å²) >= 11 is 0. The molecule has 0 spiro atoms. The number of hydroxylamine groups is 1. The smallest absolute Gasteiger partial charge is 0.233 e. The number of fused-ring (bicyclic) bond motifs is 1. The standard InChI is InChI=1S/C8H10N2O3S/c9-14(12,13)8-5-6-3-1-2-4-7(6)10(8)11/h1-4,8,11H,5H2,(H2,9,12,13). The van der Waals surface area contributed by atoms with Gasteiger partial charge in [0.25, 0.3) is 0 Å². The number of para-hydroxylation sites is 1. The Morgan fingerprint density at radius 2 is 2.07 bits per heavy atom. The number of benzene rings is 1. The fourth-order valence-corrected chi connectivity index (χ4v) is 2.40. The molecule has 0 fully saturated rings. The minimum Gasteiger partial charge on any atom is -0.287 e. The van der Waals surface area contributed by atoms with Crippen LogP contribution in [0.1, 0.15) is 5.56 Å². The van der Waals surface area contributed by atoms with Gasteiger partial charge in [0.2, 0.25) is 10.0 Å². The molecule has 3 N–H and O–H groups in total. The van der Waals surface area contributed by atoms with E-state index >= 15 is 0 Å². The third-order valence-electron chi connectivity index (χ3n) is 2.28. The van der Waals surface area contributed by atoms with Crippen molar-refractivity contribution in [3.05, 3.63) is 29.8 Å². The van der Waals surface area contributed by atoms with E-state index in [1.165, 1.54) is 0 Å². The molecule has 1 atom stereocenters. The quantitative estimate of drug-likeness (QED) is 0.692. The maximum atomic E-state index is 11.1. The molecule has 1 heterocycles. The highest BCUT2D eigenvalue weighted by atomic mass is 32.2. The zero-order valence-electron chi connectivity index (χ0n) is 7.29. The van der Waals surface area contributed by atoms with Crippen LogP contribution in [-0.4, -0.2) is 19.0 Å². The summed E-state index contributed by atoms with van der Waals surface area (Å²) in [4.78, 5) is 0. The minimum atomic E-state index is -3.74. The molecular weight excluding hydrogens is 204 g/mol.